The summed E-state index contributed by atoms with van der Waals surface area (Å²) < 4.78 is 0. The first-order valence-electron chi connectivity index (χ1n) is 6.68. The maximum atomic E-state index is 11.9. The van der Waals surface area contributed by atoms with Gasteiger partial charge in [-0.25, -0.2) is 0 Å². The van der Waals surface area contributed by atoms with E-state index < -0.39 is 4.92 Å². The third kappa shape index (κ3) is 4.62. The Kier molecular flexibility index (Phi) is 6.11. The van der Waals surface area contributed by atoms with Crippen LogP contribution in [0.25, 0.3) is 0 Å². The van der Waals surface area contributed by atoms with Crippen molar-refractivity contribution < 1.29 is 9.72 Å². The van der Waals surface area contributed by atoms with Crippen molar-refractivity contribution >= 4 is 17.3 Å². The lowest BCUT2D eigenvalue weighted by atomic mass is 10.1. The van der Waals surface area contributed by atoms with E-state index in [9.17, 15) is 14.9 Å². The summed E-state index contributed by atoms with van der Waals surface area (Å²) in [5.41, 5.74) is 0.984. The quantitative estimate of drug-likeness (QED) is 0.615. The number of likely N-dealkylation sites (N-methyl/N-ethyl adjacent to an activating group) is 1. The molecule has 110 valence electrons. The van der Waals surface area contributed by atoms with Crippen LogP contribution in [0.5, 0.6) is 0 Å². The fourth-order valence-corrected chi connectivity index (χ4v) is 1.90. The molecule has 1 aromatic rings. The molecule has 0 saturated carbocycles. The Bertz CT molecular complexity index is 489. The molecular weight excluding hydrogens is 258 g/mol. The molecule has 0 aliphatic carbocycles. The van der Waals surface area contributed by atoms with Crippen LogP contribution in [0.3, 0.4) is 0 Å². The molecule has 0 bridgehead atoms. The lowest BCUT2D eigenvalue weighted by Crippen LogP contribution is -2.31. The second-order valence-corrected chi connectivity index (χ2v) is 4.85. The van der Waals surface area contributed by atoms with Gasteiger partial charge in [0.1, 0.15) is 0 Å². The van der Waals surface area contributed by atoms with Crippen molar-refractivity contribution in [3.8, 4) is 0 Å². The highest BCUT2D eigenvalue weighted by Crippen LogP contribution is 2.24. The van der Waals surface area contributed by atoms with E-state index in [1.54, 1.807) is 19.1 Å². The largest absolute Gasteiger partial charge is 0.324 e. The van der Waals surface area contributed by atoms with Crippen LogP contribution in [-0.4, -0.2) is 35.9 Å². The summed E-state index contributed by atoms with van der Waals surface area (Å²) in [5, 5.41) is 13.6. The highest BCUT2D eigenvalue weighted by molar-refractivity contribution is 5.93. The number of rotatable bonds is 7. The molecule has 6 nitrogen and oxygen atoms in total. The molecule has 0 spiro atoms. The second kappa shape index (κ2) is 7.59. The van der Waals surface area contributed by atoms with Crippen molar-refractivity contribution in [2.24, 2.45) is 0 Å². The number of carbonyl (C=O) groups excluding carboxylic acids is 1. The SMILES string of the molecule is CCCCN(C)CC(=O)Nc1cccc([N+](=O)[O-])c1C. The monoisotopic (exact) mass is 279 g/mol. The number of anilines is 1. The van der Waals surface area contributed by atoms with E-state index in [1.165, 1.54) is 6.07 Å². The number of nitro benzene ring substituents is 1. The number of nitrogens with zero attached hydrogens (tertiary/aromatic N) is 2. The number of unbranched alkanes of at least 4 members (excludes halogenated alkanes) is 1. The Balaban J connectivity index is 2.67. The molecule has 1 aromatic carbocycles. The molecule has 0 radical (unpaired) electrons. The average Bonchev–Trinajstić information content (AvgIpc) is 2.38. The van der Waals surface area contributed by atoms with Gasteiger partial charge in [-0.3, -0.25) is 19.8 Å². The summed E-state index contributed by atoms with van der Waals surface area (Å²) in [4.78, 5) is 24.2. The molecule has 1 amide bonds. The lowest BCUT2D eigenvalue weighted by molar-refractivity contribution is -0.385. The van der Waals surface area contributed by atoms with Crippen molar-refractivity contribution in [2.75, 3.05) is 25.5 Å². The van der Waals surface area contributed by atoms with Crippen LogP contribution in [0.4, 0.5) is 11.4 Å². The zero-order valence-electron chi connectivity index (χ0n) is 12.2. The molecule has 0 fully saturated rings. The Hall–Kier alpha value is -1.95. The number of hydrogen-bond donors (Lipinski definition) is 1. The van der Waals surface area contributed by atoms with E-state index in [0.717, 1.165) is 19.4 Å². The molecule has 0 aliphatic rings. The summed E-state index contributed by atoms with van der Waals surface area (Å²) in [6.07, 6.45) is 2.12. The van der Waals surface area contributed by atoms with Crippen LogP contribution in [0.2, 0.25) is 0 Å². The molecule has 20 heavy (non-hydrogen) atoms. The van der Waals surface area contributed by atoms with Crippen molar-refractivity contribution in [1.29, 1.82) is 0 Å². The summed E-state index contributed by atoms with van der Waals surface area (Å²) in [5.74, 6) is -0.160. The average molecular weight is 279 g/mol. The molecule has 6 heteroatoms. The van der Waals surface area contributed by atoms with Gasteiger partial charge < -0.3 is 5.32 Å². The van der Waals surface area contributed by atoms with Crippen molar-refractivity contribution in [3.05, 3.63) is 33.9 Å². The highest BCUT2D eigenvalue weighted by Gasteiger charge is 2.15. The highest BCUT2D eigenvalue weighted by atomic mass is 16.6. The van der Waals surface area contributed by atoms with Crippen LogP contribution >= 0.6 is 0 Å². The Morgan fingerprint density at radius 2 is 2.15 bits per heavy atom. The van der Waals surface area contributed by atoms with Crippen LogP contribution in [-0.2, 0) is 4.79 Å². The zero-order chi connectivity index (χ0) is 15.1. The van der Waals surface area contributed by atoms with E-state index in [0.29, 0.717) is 11.3 Å². The van der Waals surface area contributed by atoms with Crippen LogP contribution in [0.15, 0.2) is 18.2 Å². The minimum atomic E-state index is -0.446. The van der Waals surface area contributed by atoms with E-state index in [-0.39, 0.29) is 18.1 Å². The molecule has 0 atom stereocenters. The number of amides is 1. The van der Waals surface area contributed by atoms with Crippen LogP contribution < -0.4 is 5.32 Å². The van der Waals surface area contributed by atoms with Crippen LogP contribution in [0, 0.1) is 17.0 Å². The van der Waals surface area contributed by atoms with Crippen LogP contribution in [0.1, 0.15) is 25.3 Å². The second-order valence-electron chi connectivity index (χ2n) is 4.85. The van der Waals surface area contributed by atoms with Gasteiger partial charge in [-0.15, -0.1) is 0 Å². The smallest absolute Gasteiger partial charge is 0.274 e. The predicted octanol–water partition coefficient (Wildman–Crippen LogP) is 2.57. The first kappa shape index (κ1) is 16.1. The van der Waals surface area contributed by atoms with E-state index in [4.69, 9.17) is 0 Å². The third-order valence-corrected chi connectivity index (χ3v) is 3.08. The normalized spacial score (nSPS) is 10.6. The maximum Gasteiger partial charge on any atom is 0.274 e. The summed E-state index contributed by atoms with van der Waals surface area (Å²) in [6, 6.07) is 4.67. The summed E-state index contributed by atoms with van der Waals surface area (Å²) in [6.45, 7) is 4.87. The van der Waals surface area contributed by atoms with E-state index >= 15 is 0 Å². The predicted molar refractivity (Wildman–Crippen MR) is 78.9 cm³/mol. The van der Waals surface area contributed by atoms with Crippen molar-refractivity contribution in [3.63, 3.8) is 0 Å². The Labute approximate surface area is 118 Å². The number of benzene rings is 1. The fraction of sp³-hybridized carbons (Fsp3) is 0.500. The number of nitro groups is 1. The van der Waals surface area contributed by atoms with E-state index in [1.807, 2.05) is 11.9 Å². The van der Waals surface area contributed by atoms with Crippen molar-refractivity contribution in [2.45, 2.75) is 26.7 Å². The first-order valence-corrected chi connectivity index (χ1v) is 6.68. The van der Waals surface area contributed by atoms with Gasteiger partial charge >= 0.3 is 0 Å². The van der Waals surface area contributed by atoms with Gasteiger partial charge in [-0.1, -0.05) is 19.4 Å². The van der Waals surface area contributed by atoms with Gasteiger partial charge in [-0.2, -0.15) is 0 Å². The zero-order valence-corrected chi connectivity index (χ0v) is 12.2. The lowest BCUT2D eigenvalue weighted by Gasteiger charge is -2.16. The molecular formula is C14H21N3O3. The topological polar surface area (TPSA) is 75.5 Å². The van der Waals surface area contributed by atoms with E-state index in [2.05, 4.69) is 12.2 Å². The van der Waals surface area contributed by atoms with Gasteiger partial charge in [0.15, 0.2) is 0 Å². The molecule has 1 rings (SSSR count). The third-order valence-electron chi connectivity index (χ3n) is 3.08. The summed E-state index contributed by atoms with van der Waals surface area (Å²) >= 11 is 0. The molecule has 0 heterocycles. The molecule has 1 N–H and O–H groups in total. The Morgan fingerprint density at radius 1 is 1.45 bits per heavy atom. The molecule has 0 saturated heterocycles. The number of carbonyl (C=O) groups is 1. The van der Waals surface area contributed by atoms with Gasteiger partial charge in [-0.05, 0) is 33.0 Å². The number of nitrogens with one attached hydrogen (secondary N) is 1. The van der Waals surface area contributed by atoms with Crippen molar-refractivity contribution in [1.82, 2.24) is 4.90 Å². The fourth-order valence-electron chi connectivity index (χ4n) is 1.90. The summed E-state index contributed by atoms with van der Waals surface area (Å²) in [7, 11) is 1.88. The van der Waals surface area contributed by atoms with Gasteiger partial charge in [0.25, 0.3) is 5.69 Å². The molecule has 0 aliphatic heterocycles. The molecule has 0 unspecified atom stereocenters. The minimum absolute atomic E-state index is 0.0159. The first-order chi connectivity index (χ1) is 9.45. The number of hydrogen-bond acceptors (Lipinski definition) is 4. The van der Waals surface area contributed by atoms with Gasteiger partial charge in [0.05, 0.1) is 22.7 Å². The van der Waals surface area contributed by atoms with Gasteiger partial charge in [0, 0.05) is 6.07 Å². The minimum Gasteiger partial charge on any atom is -0.324 e. The Morgan fingerprint density at radius 3 is 2.75 bits per heavy atom. The van der Waals surface area contributed by atoms with Gasteiger partial charge in [0.2, 0.25) is 5.91 Å². The molecule has 0 aromatic heterocycles. The standard InChI is InChI=1S/C14H21N3O3/c1-4-5-9-16(3)10-14(18)15-12-7-6-8-13(11(12)2)17(19)20/h6-8H,4-5,9-10H2,1-3H3,(H,15,18). The maximum absolute atomic E-state index is 11.9.